The Labute approximate surface area is 161 Å². The fourth-order valence-corrected chi connectivity index (χ4v) is 3.32. The van der Waals surface area contributed by atoms with Crippen LogP contribution in [0.5, 0.6) is 0 Å². The molecule has 2 atom stereocenters. The van der Waals surface area contributed by atoms with Crippen LogP contribution in [0.2, 0.25) is 0 Å². The molecule has 0 bridgehead atoms. The van der Waals surface area contributed by atoms with E-state index in [9.17, 15) is 8.78 Å². The maximum Gasteiger partial charge on any atom is 0.163 e. The van der Waals surface area contributed by atoms with Gasteiger partial charge in [-0.2, -0.15) is 0 Å². The minimum Gasteiger partial charge on any atom is -0.371 e. The first-order valence-corrected chi connectivity index (χ1v) is 9.11. The third kappa shape index (κ3) is 3.57. The fourth-order valence-electron chi connectivity index (χ4n) is 3.32. The van der Waals surface area contributed by atoms with E-state index in [4.69, 9.17) is 4.74 Å². The number of aromatic nitrogens is 3. The van der Waals surface area contributed by atoms with Crippen LogP contribution in [0.3, 0.4) is 0 Å². The monoisotopic (exact) mass is 382 g/mol. The lowest BCUT2D eigenvalue weighted by atomic mass is 10.0. The van der Waals surface area contributed by atoms with Gasteiger partial charge in [0.15, 0.2) is 17.5 Å². The number of hydrogen-bond donors (Lipinski definition) is 1. The zero-order chi connectivity index (χ0) is 19.7. The van der Waals surface area contributed by atoms with Gasteiger partial charge in [0.25, 0.3) is 0 Å². The molecule has 0 amide bonds. The van der Waals surface area contributed by atoms with Crippen LogP contribution < -0.4 is 5.32 Å². The first-order chi connectivity index (χ1) is 13.5. The number of benzene rings is 1. The van der Waals surface area contributed by atoms with E-state index in [2.05, 4.69) is 20.3 Å². The van der Waals surface area contributed by atoms with Gasteiger partial charge in [-0.3, -0.25) is 4.98 Å². The van der Waals surface area contributed by atoms with Crippen molar-refractivity contribution in [2.45, 2.75) is 32.4 Å². The first kappa shape index (κ1) is 18.4. The summed E-state index contributed by atoms with van der Waals surface area (Å²) in [6.07, 6.45) is 3.77. The van der Waals surface area contributed by atoms with Crippen molar-refractivity contribution in [3.63, 3.8) is 0 Å². The van der Waals surface area contributed by atoms with Gasteiger partial charge >= 0.3 is 0 Å². The van der Waals surface area contributed by atoms with E-state index in [-0.39, 0.29) is 12.1 Å². The Balaban J connectivity index is 1.64. The van der Waals surface area contributed by atoms with Crippen LogP contribution in [-0.2, 0) is 4.74 Å². The maximum absolute atomic E-state index is 13.7. The minimum atomic E-state index is -0.875. The second-order valence-corrected chi connectivity index (χ2v) is 6.85. The molecule has 7 heteroatoms. The van der Waals surface area contributed by atoms with Crippen LogP contribution in [-0.4, -0.2) is 27.6 Å². The smallest absolute Gasteiger partial charge is 0.163 e. The fraction of sp³-hybridized carbons (Fsp3) is 0.286. The predicted molar refractivity (Wildman–Crippen MR) is 102 cm³/mol. The van der Waals surface area contributed by atoms with E-state index in [1.54, 1.807) is 18.5 Å². The molecule has 1 fully saturated rings. The number of rotatable bonds is 4. The molecule has 0 saturated carbocycles. The van der Waals surface area contributed by atoms with E-state index in [0.717, 1.165) is 29.3 Å². The van der Waals surface area contributed by atoms with Crippen LogP contribution in [0.15, 0.2) is 42.7 Å². The molecule has 28 heavy (non-hydrogen) atoms. The molecule has 144 valence electrons. The highest BCUT2D eigenvalue weighted by molar-refractivity contribution is 5.59. The average Bonchev–Trinajstić information content (AvgIpc) is 3.16. The third-order valence-electron chi connectivity index (χ3n) is 4.99. The number of nitrogens with zero attached hydrogens (tertiary/aromatic N) is 3. The highest BCUT2D eigenvalue weighted by atomic mass is 19.2. The number of pyridine rings is 1. The summed E-state index contributed by atoms with van der Waals surface area (Å²) in [4.78, 5) is 13.4. The summed E-state index contributed by atoms with van der Waals surface area (Å²) in [6, 6.07) is 7.51. The first-order valence-electron chi connectivity index (χ1n) is 9.11. The molecule has 1 aliphatic heterocycles. The van der Waals surface area contributed by atoms with Crippen LogP contribution in [0, 0.1) is 25.5 Å². The Morgan fingerprint density at radius 2 is 1.96 bits per heavy atom. The molecule has 1 aromatic carbocycles. The van der Waals surface area contributed by atoms with Crippen molar-refractivity contribution in [2.75, 3.05) is 11.9 Å². The topological polar surface area (TPSA) is 59.9 Å². The molecular weight excluding hydrogens is 362 g/mol. The summed E-state index contributed by atoms with van der Waals surface area (Å²) in [5.41, 5.74) is 3.22. The van der Waals surface area contributed by atoms with Crippen molar-refractivity contribution in [2.24, 2.45) is 0 Å². The van der Waals surface area contributed by atoms with Gasteiger partial charge in [-0.05, 0) is 50.1 Å². The predicted octanol–water partition coefficient (Wildman–Crippen LogP) is 4.38. The number of ether oxygens (including phenoxy) is 1. The Hall–Kier alpha value is -2.93. The molecule has 5 nitrogen and oxygen atoms in total. The molecule has 2 unspecified atom stereocenters. The Morgan fingerprint density at radius 1 is 1.11 bits per heavy atom. The number of halogens is 2. The van der Waals surface area contributed by atoms with Crippen LogP contribution in [0.25, 0.3) is 11.4 Å². The maximum atomic E-state index is 13.7. The summed E-state index contributed by atoms with van der Waals surface area (Å²) < 4.78 is 32.7. The van der Waals surface area contributed by atoms with E-state index in [1.165, 1.54) is 6.07 Å². The summed E-state index contributed by atoms with van der Waals surface area (Å²) in [6.45, 7) is 4.41. The molecule has 1 aliphatic rings. The molecular formula is C21H20F2N4O. The summed E-state index contributed by atoms with van der Waals surface area (Å²) in [5, 5.41) is 3.43. The average molecular weight is 382 g/mol. The van der Waals surface area contributed by atoms with Gasteiger partial charge < -0.3 is 10.1 Å². The molecule has 0 radical (unpaired) electrons. The molecule has 3 aromatic rings. The van der Waals surface area contributed by atoms with Crippen molar-refractivity contribution in [3.05, 3.63) is 71.2 Å². The quantitative estimate of drug-likeness (QED) is 0.726. The van der Waals surface area contributed by atoms with Crippen molar-refractivity contribution in [1.29, 1.82) is 0 Å². The van der Waals surface area contributed by atoms with Gasteiger partial charge in [0.2, 0.25) is 0 Å². The lowest BCUT2D eigenvalue weighted by Gasteiger charge is -2.22. The van der Waals surface area contributed by atoms with E-state index in [1.807, 2.05) is 26.0 Å². The van der Waals surface area contributed by atoms with E-state index >= 15 is 0 Å². The minimum absolute atomic E-state index is 0.111. The summed E-state index contributed by atoms with van der Waals surface area (Å²) in [5.74, 6) is -0.453. The molecule has 1 saturated heterocycles. The highest BCUT2D eigenvalue weighted by Gasteiger charge is 2.31. The van der Waals surface area contributed by atoms with Gasteiger partial charge in [0, 0.05) is 35.8 Å². The standard InChI is InChI=1S/C21H20F2N4O/c1-12-13(2)25-21(15-4-3-8-24-11-15)27-20(12)26-18-7-9-28-19(18)14-5-6-16(22)17(23)10-14/h3-6,8,10-11,18-19H,7,9H2,1-2H3,(H,25,26,27). The lowest BCUT2D eigenvalue weighted by Crippen LogP contribution is -2.25. The number of hydrogen-bond acceptors (Lipinski definition) is 5. The van der Waals surface area contributed by atoms with E-state index < -0.39 is 11.6 Å². The normalized spacial score (nSPS) is 19.0. The van der Waals surface area contributed by atoms with Crippen molar-refractivity contribution >= 4 is 5.82 Å². The number of nitrogens with one attached hydrogen (secondary N) is 1. The van der Waals surface area contributed by atoms with Crippen molar-refractivity contribution < 1.29 is 13.5 Å². The van der Waals surface area contributed by atoms with Crippen LogP contribution in [0.4, 0.5) is 14.6 Å². The molecule has 1 N–H and O–H groups in total. The van der Waals surface area contributed by atoms with Gasteiger partial charge in [0.05, 0.1) is 6.04 Å². The summed E-state index contributed by atoms with van der Waals surface area (Å²) >= 11 is 0. The van der Waals surface area contributed by atoms with Crippen LogP contribution >= 0.6 is 0 Å². The second kappa shape index (κ2) is 7.59. The van der Waals surface area contributed by atoms with Crippen LogP contribution in [0.1, 0.15) is 29.3 Å². The highest BCUT2D eigenvalue weighted by Crippen LogP contribution is 2.33. The second-order valence-electron chi connectivity index (χ2n) is 6.85. The van der Waals surface area contributed by atoms with Gasteiger partial charge in [-0.25, -0.2) is 18.7 Å². The molecule has 2 aromatic heterocycles. The molecule has 0 aliphatic carbocycles. The third-order valence-corrected chi connectivity index (χ3v) is 4.99. The van der Waals surface area contributed by atoms with Gasteiger partial charge in [-0.15, -0.1) is 0 Å². The molecule has 4 rings (SSSR count). The Kier molecular flexibility index (Phi) is 5.00. The van der Waals surface area contributed by atoms with Gasteiger partial charge in [0.1, 0.15) is 11.9 Å². The summed E-state index contributed by atoms with van der Waals surface area (Å²) in [7, 11) is 0. The number of aryl methyl sites for hydroxylation is 1. The zero-order valence-corrected chi connectivity index (χ0v) is 15.6. The zero-order valence-electron chi connectivity index (χ0n) is 15.6. The van der Waals surface area contributed by atoms with E-state index in [0.29, 0.717) is 23.8 Å². The SMILES string of the molecule is Cc1nc(-c2cccnc2)nc(NC2CCOC2c2ccc(F)c(F)c2)c1C. The largest absolute Gasteiger partial charge is 0.371 e. The Bertz CT molecular complexity index is 997. The number of anilines is 1. The lowest BCUT2D eigenvalue weighted by molar-refractivity contribution is 0.107. The van der Waals surface area contributed by atoms with Crippen molar-refractivity contribution in [3.8, 4) is 11.4 Å². The molecule has 0 spiro atoms. The Morgan fingerprint density at radius 3 is 2.71 bits per heavy atom. The van der Waals surface area contributed by atoms with Gasteiger partial charge in [-0.1, -0.05) is 6.07 Å². The molecule has 3 heterocycles. The van der Waals surface area contributed by atoms with Crippen molar-refractivity contribution in [1.82, 2.24) is 15.0 Å².